The Morgan fingerprint density at radius 3 is 1.97 bits per heavy atom. The zero-order chi connectivity index (χ0) is 26.9. The molecule has 194 valence electrons. The Morgan fingerprint density at radius 1 is 0.947 bits per heavy atom. The van der Waals surface area contributed by atoms with Gasteiger partial charge in [-0.2, -0.15) is 5.01 Å². The standard InChI is InChI=1S/C28H25N3O7/c1-14(25(32)15-5-9-18(38-2)10-6-15)29(26(33)16-3-7-17(8-4-16)31(36)37)30-27(34)23-19-11-12-20(22-13-21(19)22)24(23)28(30)35/h3-12,14,19-24H,13H2,1-2H3/t14-,19-,20-,21-,22+,23+,24+/m0/s1. The molecular formula is C28H25N3O7. The van der Waals surface area contributed by atoms with Gasteiger partial charge in [0.15, 0.2) is 5.78 Å². The van der Waals surface area contributed by atoms with Crippen molar-refractivity contribution in [3.63, 3.8) is 0 Å². The topological polar surface area (TPSA) is 127 Å². The summed E-state index contributed by atoms with van der Waals surface area (Å²) < 4.78 is 5.15. The molecule has 38 heavy (non-hydrogen) atoms. The van der Waals surface area contributed by atoms with Crippen molar-refractivity contribution in [1.29, 1.82) is 0 Å². The molecule has 0 radical (unpaired) electrons. The second-order valence-electron chi connectivity index (χ2n) is 10.4. The van der Waals surface area contributed by atoms with Gasteiger partial charge in [0.25, 0.3) is 23.4 Å². The molecule has 4 aliphatic carbocycles. The quantitative estimate of drug-likeness (QED) is 0.182. The summed E-state index contributed by atoms with van der Waals surface area (Å²) in [6.07, 6.45) is 5.06. The van der Waals surface area contributed by atoms with Crippen molar-refractivity contribution in [2.45, 2.75) is 19.4 Å². The van der Waals surface area contributed by atoms with Gasteiger partial charge in [0.2, 0.25) is 0 Å². The summed E-state index contributed by atoms with van der Waals surface area (Å²) in [5.74, 6) is -2.12. The lowest BCUT2D eigenvalue weighted by atomic mass is 9.63. The van der Waals surface area contributed by atoms with Crippen LogP contribution in [0.25, 0.3) is 0 Å². The molecule has 0 unspecified atom stereocenters. The summed E-state index contributed by atoms with van der Waals surface area (Å²) in [6, 6.07) is 9.98. The number of Topliss-reactive ketones (excluding diaryl/α,β-unsaturated/α-hetero) is 1. The van der Waals surface area contributed by atoms with E-state index in [0.29, 0.717) is 17.6 Å². The molecule has 1 heterocycles. The van der Waals surface area contributed by atoms with E-state index < -0.39 is 46.3 Å². The fraction of sp³-hybridized carbons (Fsp3) is 0.357. The SMILES string of the molecule is COc1ccc(C(=O)[C@H](C)N(C(=O)c2ccc([N+](=O)[O-])cc2)N2C(=O)[C@@H]3[C@H]4C=C[C@@H]([C@@H]5C[C@H]45)[C@H]3C2=O)cc1. The Hall–Kier alpha value is -4.34. The van der Waals surface area contributed by atoms with Crippen molar-refractivity contribution in [3.05, 3.63) is 81.9 Å². The number of nitro groups is 1. The second-order valence-corrected chi connectivity index (χ2v) is 10.4. The maximum Gasteiger partial charge on any atom is 0.273 e. The van der Waals surface area contributed by atoms with Crippen LogP contribution in [0.5, 0.6) is 5.75 Å². The van der Waals surface area contributed by atoms with E-state index in [1.54, 1.807) is 24.3 Å². The van der Waals surface area contributed by atoms with E-state index in [4.69, 9.17) is 4.74 Å². The van der Waals surface area contributed by atoms with Gasteiger partial charge in [-0.25, -0.2) is 5.01 Å². The Kier molecular flexibility index (Phi) is 5.44. The van der Waals surface area contributed by atoms with Crippen LogP contribution in [0.1, 0.15) is 34.1 Å². The summed E-state index contributed by atoms with van der Waals surface area (Å²) >= 11 is 0. The lowest BCUT2D eigenvalue weighted by Crippen LogP contribution is -2.56. The maximum absolute atomic E-state index is 13.9. The minimum Gasteiger partial charge on any atom is -0.497 e. The van der Waals surface area contributed by atoms with E-state index in [2.05, 4.69) is 0 Å². The first-order chi connectivity index (χ1) is 18.2. The van der Waals surface area contributed by atoms with Crippen LogP contribution in [0.2, 0.25) is 0 Å². The Morgan fingerprint density at radius 2 is 1.47 bits per heavy atom. The third kappa shape index (κ3) is 3.47. The molecule has 0 aromatic heterocycles. The Balaban J connectivity index is 1.38. The van der Waals surface area contributed by atoms with Gasteiger partial charge in [-0.1, -0.05) is 12.2 Å². The van der Waals surface area contributed by atoms with Crippen molar-refractivity contribution >= 4 is 29.2 Å². The lowest BCUT2D eigenvalue weighted by Gasteiger charge is -2.37. The van der Waals surface area contributed by atoms with E-state index in [1.807, 2.05) is 12.2 Å². The predicted octanol–water partition coefficient (Wildman–Crippen LogP) is 3.29. The van der Waals surface area contributed by atoms with Crippen molar-refractivity contribution in [3.8, 4) is 5.75 Å². The molecule has 1 saturated heterocycles. The Bertz CT molecular complexity index is 1360. The monoisotopic (exact) mass is 515 g/mol. The number of ketones is 1. The van der Waals surface area contributed by atoms with E-state index in [0.717, 1.165) is 16.4 Å². The molecule has 10 nitrogen and oxygen atoms in total. The molecule has 2 aromatic rings. The van der Waals surface area contributed by atoms with Crippen LogP contribution in [0.15, 0.2) is 60.7 Å². The summed E-state index contributed by atoms with van der Waals surface area (Å²) in [6.45, 7) is 1.47. The molecule has 10 heteroatoms. The average molecular weight is 516 g/mol. The number of non-ortho nitro benzene ring substituents is 1. The summed E-state index contributed by atoms with van der Waals surface area (Å²) in [4.78, 5) is 65.6. The van der Waals surface area contributed by atoms with Gasteiger partial charge in [0.05, 0.1) is 23.9 Å². The van der Waals surface area contributed by atoms with Crippen LogP contribution in [0.4, 0.5) is 5.69 Å². The largest absolute Gasteiger partial charge is 0.497 e. The fourth-order valence-corrected chi connectivity index (χ4v) is 6.56. The highest BCUT2D eigenvalue weighted by molar-refractivity contribution is 6.11. The number of carbonyl (C=O) groups is 4. The van der Waals surface area contributed by atoms with Crippen LogP contribution >= 0.6 is 0 Å². The molecule has 0 spiro atoms. The number of hydrogen-bond donors (Lipinski definition) is 0. The van der Waals surface area contributed by atoms with Crippen molar-refractivity contribution in [1.82, 2.24) is 10.0 Å². The number of hydrogen-bond acceptors (Lipinski definition) is 7. The zero-order valence-electron chi connectivity index (χ0n) is 20.7. The molecule has 5 aliphatic rings. The molecule has 1 aliphatic heterocycles. The van der Waals surface area contributed by atoms with Gasteiger partial charge in [-0.15, -0.1) is 0 Å². The first-order valence-corrected chi connectivity index (χ1v) is 12.5. The number of amides is 3. The van der Waals surface area contributed by atoms with E-state index >= 15 is 0 Å². The number of benzene rings is 2. The molecule has 3 amide bonds. The third-order valence-corrected chi connectivity index (χ3v) is 8.51. The van der Waals surface area contributed by atoms with Crippen LogP contribution in [0, 0.1) is 45.6 Å². The highest BCUT2D eigenvalue weighted by Gasteiger charge is 2.68. The summed E-state index contributed by atoms with van der Waals surface area (Å²) in [5.41, 5.74) is 0.0837. The first-order valence-electron chi connectivity index (χ1n) is 12.5. The smallest absolute Gasteiger partial charge is 0.273 e. The van der Waals surface area contributed by atoms with Crippen molar-refractivity contribution in [2.75, 3.05) is 7.11 Å². The predicted molar refractivity (Wildman–Crippen MR) is 133 cm³/mol. The molecule has 7 rings (SSSR count). The van der Waals surface area contributed by atoms with Crippen molar-refractivity contribution < 1.29 is 28.8 Å². The fourth-order valence-electron chi connectivity index (χ4n) is 6.56. The molecule has 2 aromatic carbocycles. The van der Waals surface area contributed by atoms with Crippen LogP contribution in [-0.4, -0.2) is 51.6 Å². The summed E-state index contributed by atoms with van der Waals surface area (Å²) in [5, 5.41) is 12.9. The van der Waals surface area contributed by atoms with Gasteiger partial charge in [-0.3, -0.25) is 29.3 Å². The maximum atomic E-state index is 13.9. The van der Waals surface area contributed by atoms with Crippen molar-refractivity contribution in [2.24, 2.45) is 35.5 Å². The number of allylic oxidation sites excluding steroid dienone is 2. The number of hydrazine groups is 1. The number of nitro benzene ring substituents is 1. The van der Waals surface area contributed by atoms with Crippen LogP contribution in [0.3, 0.4) is 0 Å². The van der Waals surface area contributed by atoms with Gasteiger partial charge in [-0.05, 0) is 73.4 Å². The highest BCUT2D eigenvalue weighted by Crippen LogP contribution is 2.65. The second kappa shape index (κ2) is 8.61. The molecule has 7 atom stereocenters. The van der Waals surface area contributed by atoms with Gasteiger partial charge >= 0.3 is 0 Å². The Labute approximate surface area is 218 Å². The minimum atomic E-state index is -1.21. The van der Waals surface area contributed by atoms with E-state index in [9.17, 15) is 29.3 Å². The van der Waals surface area contributed by atoms with Crippen LogP contribution in [-0.2, 0) is 9.59 Å². The van der Waals surface area contributed by atoms with Gasteiger partial charge in [0, 0.05) is 23.3 Å². The number of methoxy groups -OCH3 is 1. The molecule has 2 saturated carbocycles. The molecule has 3 fully saturated rings. The number of ether oxygens (including phenoxy) is 1. The van der Waals surface area contributed by atoms with Gasteiger partial charge < -0.3 is 4.74 Å². The van der Waals surface area contributed by atoms with E-state index in [-0.39, 0.29) is 28.7 Å². The number of imide groups is 1. The number of nitrogens with zero attached hydrogens (tertiary/aromatic N) is 3. The van der Waals surface area contributed by atoms with Crippen LogP contribution < -0.4 is 4.74 Å². The molecule has 2 bridgehead atoms. The third-order valence-electron chi connectivity index (χ3n) is 8.51. The lowest BCUT2D eigenvalue weighted by molar-refractivity contribution is -0.384. The van der Waals surface area contributed by atoms with E-state index in [1.165, 1.54) is 38.3 Å². The average Bonchev–Trinajstić information content (AvgIpc) is 3.72. The molecule has 0 N–H and O–H groups in total. The first kappa shape index (κ1) is 24.0. The van der Waals surface area contributed by atoms with Gasteiger partial charge in [0.1, 0.15) is 11.8 Å². The molecular weight excluding hydrogens is 490 g/mol. The number of carbonyl (C=O) groups excluding carboxylic acids is 4. The zero-order valence-corrected chi connectivity index (χ0v) is 20.7. The summed E-state index contributed by atoms with van der Waals surface area (Å²) in [7, 11) is 1.50. The highest BCUT2D eigenvalue weighted by atomic mass is 16.6. The normalized spacial score (nSPS) is 28.9. The minimum absolute atomic E-state index is 0.0180. The number of rotatable bonds is 7.